The van der Waals surface area contributed by atoms with Crippen LogP contribution in [0.25, 0.3) is 11.4 Å². The summed E-state index contributed by atoms with van der Waals surface area (Å²) < 4.78 is 26.3. The Labute approximate surface area is 159 Å². The maximum atomic E-state index is 11.8. The average Bonchev–Trinajstić information content (AvgIpc) is 3.10. The van der Waals surface area contributed by atoms with Crippen LogP contribution < -0.4 is 10.0 Å². The van der Waals surface area contributed by atoms with Gasteiger partial charge in [-0.05, 0) is 50.2 Å². The Kier molecular flexibility index (Phi) is 6.61. The van der Waals surface area contributed by atoms with E-state index >= 15 is 0 Å². The molecule has 2 aromatic rings. The molecule has 0 radical (unpaired) electrons. The topological polar surface area (TPSA) is 84.0 Å². The molecule has 2 heterocycles. The van der Waals surface area contributed by atoms with Crippen molar-refractivity contribution in [2.45, 2.75) is 45.1 Å². The molecule has 2 aromatic heterocycles. The van der Waals surface area contributed by atoms with Crippen LogP contribution in [0.3, 0.4) is 0 Å². The molecule has 0 bridgehead atoms. The first-order chi connectivity index (χ1) is 12.6. The minimum atomic E-state index is -3.10. The smallest absolute Gasteiger partial charge is 0.211 e. The van der Waals surface area contributed by atoms with Crippen molar-refractivity contribution in [1.29, 1.82) is 0 Å². The lowest BCUT2D eigenvalue weighted by molar-refractivity contribution is 0.337. The molecule has 0 unspecified atom stereocenters. The molecule has 1 saturated carbocycles. The van der Waals surface area contributed by atoms with Gasteiger partial charge in [-0.1, -0.05) is 13.0 Å². The Balaban J connectivity index is 1.45. The molecule has 8 heteroatoms. The minimum absolute atomic E-state index is 0.215. The van der Waals surface area contributed by atoms with E-state index in [0.717, 1.165) is 42.2 Å². The van der Waals surface area contributed by atoms with Gasteiger partial charge in [-0.25, -0.2) is 18.1 Å². The van der Waals surface area contributed by atoms with Crippen molar-refractivity contribution >= 4 is 26.5 Å². The Bertz CT molecular complexity index is 785. The summed E-state index contributed by atoms with van der Waals surface area (Å²) in [4.78, 5) is 8.97. The summed E-state index contributed by atoms with van der Waals surface area (Å²) in [5.41, 5.74) is 1.79. The number of thiazole rings is 1. The fourth-order valence-electron chi connectivity index (χ4n) is 3.24. The number of nitrogens with one attached hydrogen (secondary N) is 2. The van der Waals surface area contributed by atoms with E-state index in [-0.39, 0.29) is 5.75 Å². The Morgan fingerprint density at radius 1 is 1.19 bits per heavy atom. The van der Waals surface area contributed by atoms with Crippen LogP contribution in [0.1, 0.15) is 39.0 Å². The summed E-state index contributed by atoms with van der Waals surface area (Å²) in [5.74, 6) is 0.645. The maximum Gasteiger partial charge on any atom is 0.211 e. The fraction of sp³-hybridized carbons (Fsp3) is 0.556. The highest BCUT2D eigenvalue weighted by Crippen LogP contribution is 2.29. The van der Waals surface area contributed by atoms with E-state index in [0.29, 0.717) is 24.9 Å². The number of anilines is 1. The molecular weight excluding hydrogens is 368 g/mol. The molecule has 1 aliphatic rings. The second-order valence-corrected chi connectivity index (χ2v) is 9.57. The van der Waals surface area contributed by atoms with E-state index in [9.17, 15) is 8.42 Å². The van der Waals surface area contributed by atoms with Crippen molar-refractivity contribution in [1.82, 2.24) is 14.7 Å². The lowest BCUT2D eigenvalue weighted by Gasteiger charge is -2.29. The van der Waals surface area contributed by atoms with E-state index in [1.807, 2.05) is 30.5 Å². The van der Waals surface area contributed by atoms with Gasteiger partial charge in [0.2, 0.25) is 10.0 Å². The highest BCUT2D eigenvalue weighted by atomic mass is 32.2. The summed E-state index contributed by atoms with van der Waals surface area (Å²) in [7, 11) is -3.10. The number of hydrogen-bond acceptors (Lipinski definition) is 6. The molecule has 2 N–H and O–H groups in total. The summed E-state index contributed by atoms with van der Waals surface area (Å²) in [5, 5.41) is 6.48. The van der Waals surface area contributed by atoms with Crippen LogP contribution >= 0.6 is 11.3 Å². The van der Waals surface area contributed by atoms with E-state index in [1.165, 1.54) is 0 Å². The van der Waals surface area contributed by atoms with Gasteiger partial charge in [-0.15, -0.1) is 11.3 Å². The lowest BCUT2D eigenvalue weighted by Crippen LogP contribution is -2.34. The van der Waals surface area contributed by atoms with Crippen molar-refractivity contribution < 1.29 is 8.42 Å². The molecule has 0 amide bonds. The molecule has 0 aliphatic heterocycles. The van der Waals surface area contributed by atoms with Gasteiger partial charge in [0.1, 0.15) is 5.69 Å². The molecule has 26 heavy (non-hydrogen) atoms. The first-order valence-electron chi connectivity index (χ1n) is 9.16. The SMILES string of the molecule is CCCS(=O)(=O)NCC1CCC(Nc2nc(-c3ccccn3)cs2)CC1. The van der Waals surface area contributed by atoms with Gasteiger partial charge in [-0.2, -0.15) is 0 Å². The van der Waals surface area contributed by atoms with Crippen molar-refractivity contribution in [3.05, 3.63) is 29.8 Å². The van der Waals surface area contributed by atoms with Gasteiger partial charge < -0.3 is 5.32 Å². The normalized spacial score (nSPS) is 20.8. The van der Waals surface area contributed by atoms with Crippen LogP contribution in [0.2, 0.25) is 0 Å². The van der Waals surface area contributed by atoms with Crippen molar-refractivity contribution in [2.75, 3.05) is 17.6 Å². The Morgan fingerprint density at radius 2 is 2.00 bits per heavy atom. The van der Waals surface area contributed by atoms with Crippen LogP contribution in [-0.2, 0) is 10.0 Å². The van der Waals surface area contributed by atoms with Crippen LogP contribution in [0.15, 0.2) is 29.8 Å². The zero-order chi connectivity index (χ0) is 18.4. The highest BCUT2D eigenvalue weighted by Gasteiger charge is 2.23. The quantitative estimate of drug-likeness (QED) is 0.716. The lowest BCUT2D eigenvalue weighted by atomic mass is 9.86. The van der Waals surface area contributed by atoms with Gasteiger partial charge in [-0.3, -0.25) is 4.98 Å². The molecule has 3 rings (SSSR count). The third-order valence-corrected chi connectivity index (χ3v) is 7.00. The number of rotatable bonds is 8. The van der Waals surface area contributed by atoms with Crippen LogP contribution in [0.5, 0.6) is 0 Å². The first-order valence-corrected chi connectivity index (χ1v) is 11.7. The maximum absolute atomic E-state index is 11.8. The number of pyridine rings is 1. The monoisotopic (exact) mass is 394 g/mol. The van der Waals surface area contributed by atoms with E-state index in [2.05, 4.69) is 20.0 Å². The summed E-state index contributed by atoms with van der Waals surface area (Å²) >= 11 is 1.60. The third-order valence-electron chi connectivity index (χ3n) is 4.67. The highest BCUT2D eigenvalue weighted by molar-refractivity contribution is 7.89. The molecule has 0 aromatic carbocycles. The predicted molar refractivity (Wildman–Crippen MR) is 107 cm³/mol. The second kappa shape index (κ2) is 8.92. The van der Waals surface area contributed by atoms with Crippen LogP contribution in [-0.4, -0.2) is 36.7 Å². The average molecular weight is 395 g/mol. The van der Waals surface area contributed by atoms with Crippen LogP contribution in [0, 0.1) is 5.92 Å². The van der Waals surface area contributed by atoms with Crippen LogP contribution in [0.4, 0.5) is 5.13 Å². The zero-order valence-corrected chi connectivity index (χ0v) is 16.7. The number of aromatic nitrogens is 2. The Morgan fingerprint density at radius 3 is 2.69 bits per heavy atom. The van der Waals surface area contributed by atoms with E-state index < -0.39 is 10.0 Å². The van der Waals surface area contributed by atoms with Gasteiger partial charge in [0, 0.05) is 24.2 Å². The molecule has 0 saturated heterocycles. The number of nitrogens with zero attached hydrogens (tertiary/aromatic N) is 2. The number of hydrogen-bond donors (Lipinski definition) is 2. The summed E-state index contributed by atoms with van der Waals surface area (Å²) in [6, 6.07) is 6.23. The number of sulfonamides is 1. The van der Waals surface area contributed by atoms with Gasteiger partial charge in [0.25, 0.3) is 0 Å². The largest absolute Gasteiger partial charge is 0.359 e. The molecule has 142 valence electrons. The zero-order valence-electron chi connectivity index (χ0n) is 15.0. The molecule has 6 nitrogen and oxygen atoms in total. The minimum Gasteiger partial charge on any atom is -0.359 e. The molecule has 0 spiro atoms. The summed E-state index contributed by atoms with van der Waals surface area (Å²) in [6.45, 7) is 2.45. The van der Waals surface area contributed by atoms with Gasteiger partial charge in [0.05, 0.1) is 11.4 Å². The Hall–Kier alpha value is -1.51. The molecule has 1 fully saturated rings. The second-order valence-electron chi connectivity index (χ2n) is 6.78. The first kappa shape index (κ1) is 19.3. The molecule has 0 atom stereocenters. The summed E-state index contributed by atoms with van der Waals surface area (Å²) in [6.07, 6.45) is 6.57. The molecular formula is C18H26N4O2S2. The van der Waals surface area contributed by atoms with Gasteiger partial charge in [0.15, 0.2) is 5.13 Å². The standard InChI is InChI=1S/C18H26N4O2S2/c1-2-11-26(23,24)20-12-14-6-8-15(9-7-14)21-18-22-17(13-25-18)16-5-3-4-10-19-16/h3-5,10,13-15,20H,2,6-9,11-12H2,1H3,(H,21,22). The molecule has 1 aliphatic carbocycles. The van der Waals surface area contributed by atoms with Gasteiger partial charge >= 0.3 is 0 Å². The van der Waals surface area contributed by atoms with Crippen molar-refractivity contribution in [3.8, 4) is 11.4 Å². The third kappa shape index (κ3) is 5.49. The van der Waals surface area contributed by atoms with Crippen molar-refractivity contribution in [3.63, 3.8) is 0 Å². The van der Waals surface area contributed by atoms with E-state index in [4.69, 9.17) is 0 Å². The van der Waals surface area contributed by atoms with E-state index in [1.54, 1.807) is 17.5 Å². The van der Waals surface area contributed by atoms with Crippen molar-refractivity contribution in [2.24, 2.45) is 5.92 Å². The fourth-order valence-corrected chi connectivity index (χ4v) is 5.20. The predicted octanol–water partition coefficient (Wildman–Crippen LogP) is 3.51.